The maximum absolute atomic E-state index is 12.9. The van der Waals surface area contributed by atoms with Crippen LogP contribution in [0.1, 0.15) is 64.9 Å². The lowest BCUT2D eigenvalue weighted by Gasteiger charge is -2.57. The van der Waals surface area contributed by atoms with Gasteiger partial charge in [-0.1, -0.05) is 23.7 Å². The first-order valence-corrected chi connectivity index (χ1v) is 11.0. The van der Waals surface area contributed by atoms with Crippen LogP contribution >= 0.6 is 24.0 Å². The number of nitrogens with one attached hydrogen (secondary N) is 1. The normalized spacial score (nSPS) is 28.9. The number of nitrogens with zero attached hydrogens (tertiary/aromatic N) is 1. The summed E-state index contributed by atoms with van der Waals surface area (Å²) in [6.45, 7) is 0.343. The number of Topliss-reactive ketones (excluding diaryl/α,β-unsaturated/α-hetero) is 1. The van der Waals surface area contributed by atoms with E-state index in [4.69, 9.17) is 11.6 Å². The third-order valence-corrected chi connectivity index (χ3v) is 7.67. The monoisotopic (exact) mass is 446 g/mol. The summed E-state index contributed by atoms with van der Waals surface area (Å²) in [7, 11) is 1.80. The van der Waals surface area contributed by atoms with E-state index >= 15 is 0 Å². The van der Waals surface area contributed by atoms with Crippen LogP contribution in [0, 0.1) is 17.8 Å². The van der Waals surface area contributed by atoms with Crippen LogP contribution in [-0.2, 0) is 7.05 Å². The molecule has 2 aromatic rings. The molecular weight excluding hydrogens is 419 g/mol. The van der Waals surface area contributed by atoms with Gasteiger partial charge >= 0.3 is 0 Å². The Kier molecular flexibility index (Phi) is 5.86. The third-order valence-electron chi connectivity index (χ3n) is 7.34. The zero-order chi connectivity index (χ0) is 20.2. The summed E-state index contributed by atoms with van der Waals surface area (Å²) in [4.78, 5) is 25.8. The van der Waals surface area contributed by atoms with Gasteiger partial charge in [-0.3, -0.25) is 9.59 Å². The Bertz CT molecular complexity index is 946. The smallest absolute Gasteiger partial charge is 0.210 e. The summed E-state index contributed by atoms with van der Waals surface area (Å²) >= 11 is 6.18. The van der Waals surface area contributed by atoms with Crippen molar-refractivity contribution >= 4 is 35.6 Å². The van der Waals surface area contributed by atoms with Crippen LogP contribution in [0.4, 0.5) is 0 Å². The number of hydrogen-bond acceptors (Lipinski definition) is 3. The van der Waals surface area contributed by atoms with Crippen molar-refractivity contribution in [2.24, 2.45) is 24.8 Å². The average Bonchev–Trinajstić information content (AvgIpc) is 3.07. The van der Waals surface area contributed by atoms with E-state index in [0.717, 1.165) is 17.8 Å². The molecule has 4 fully saturated rings. The predicted octanol–water partition coefficient (Wildman–Crippen LogP) is 5.07. The fourth-order valence-electron chi connectivity index (χ4n) is 6.42. The summed E-state index contributed by atoms with van der Waals surface area (Å²) in [6, 6.07) is 8.72. The van der Waals surface area contributed by atoms with Gasteiger partial charge in [0.15, 0.2) is 5.78 Å². The topological polar surface area (TPSA) is 51.1 Å². The number of carbonyl (C=O) groups is 2. The molecule has 0 spiro atoms. The summed E-state index contributed by atoms with van der Waals surface area (Å²) in [6.07, 6.45) is 9.59. The molecule has 0 aliphatic heterocycles. The highest BCUT2D eigenvalue weighted by Gasteiger charge is 2.50. The highest BCUT2D eigenvalue weighted by Crippen LogP contribution is 2.55. The average molecular weight is 447 g/mol. The van der Waals surface area contributed by atoms with E-state index in [2.05, 4.69) is 5.32 Å². The Hall–Kier alpha value is -1.62. The fraction of sp³-hybridized carbons (Fsp3) is 0.500. The lowest BCUT2D eigenvalue weighted by Crippen LogP contribution is -2.59. The molecule has 4 aliphatic carbocycles. The van der Waals surface area contributed by atoms with E-state index in [0.29, 0.717) is 28.4 Å². The van der Waals surface area contributed by atoms with Gasteiger partial charge in [-0.05, 0) is 74.5 Å². The first-order chi connectivity index (χ1) is 13.9. The van der Waals surface area contributed by atoms with Crippen LogP contribution in [0.5, 0.6) is 0 Å². The first-order valence-electron chi connectivity index (χ1n) is 10.7. The minimum atomic E-state index is -0.161. The van der Waals surface area contributed by atoms with Gasteiger partial charge in [0.1, 0.15) is 0 Å². The summed E-state index contributed by atoms with van der Waals surface area (Å²) in [5.74, 6) is 2.43. The van der Waals surface area contributed by atoms with Gasteiger partial charge in [0.05, 0.1) is 17.3 Å². The molecule has 0 amide bonds. The number of ketones is 2. The first kappa shape index (κ1) is 21.6. The minimum absolute atomic E-state index is 0. The molecule has 0 unspecified atom stereocenters. The van der Waals surface area contributed by atoms with Gasteiger partial charge in [-0.15, -0.1) is 12.4 Å². The lowest BCUT2D eigenvalue weighted by molar-refractivity contribution is -0.0186. The summed E-state index contributed by atoms with van der Waals surface area (Å²) in [5.41, 5.74) is 1.69. The third kappa shape index (κ3) is 3.86. The van der Waals surface area contributed by atoms with Gasteiger partial charge < -0.3 is 9.88 Å². The number of aromatic nitrogens is 1. The van der Waals surface area contributed by atoms with E-state index in [1.807, 2.05) is 0 Å². The maximum atomic E-state index is 12.9. The minimum Gasteiger partial charge on any atom is -0.347 e. The Morgan fingerprint density at radius 2 is 1.70 bits per heavy atom. The largest absolute Gasteiger partial charge is 0.347 e. The number of halogens is 2. The van der Waals surface area contributed by atoms with Gasteiger partial charge in [-0.25, -0.2) is 0 Å². The van der Waals surface area contributed by atoms with Gasteiger partial charge in [0, 0.05) is 29.9 Å². The zero-order valence-electron chi connectivity index (χ0n) is 17.2. The molecule has 0 radical (unpaired) electrons. The molecule has 0 atom stereocenters. The number of carbonyl (C=O) groups excluding carboxylic acids is 2. The Balaban J connectivity index is 0.00000218. The molecule has 4 nitrogen and oxygen atoms in total. The highest BCUT2D eigenvalue weighted by molar-refractivity contribution is 6.34. The fourth-order valence-corrected chi connectivity index (χ4v) is 6.64. The van der Waals surface area contributed by atoms with Crippen molar-refractivity contribution in [2.45, 2.75) is 44.1 Å². The van der Waals surface area contributed by atoms with Gasteiger partial charge in [0.2, 0.25) is 5.78 Å². The molecule has 4 aliphatic rings. The Morgan fingerprint density at radius 3 is 2.30 bits per heavy atom. The molecule has 1 aromatic heterocycles. The van der Waals surface area contributed by atoms with Crippen molar-refractivity contribution in [3.8, 4) is 0 Å². The summed E-state index contributed by atoms with van der Waals surface area (Å²) in [5, 5.41) is 4.09. The molecule has 1 N–H and O–H groups in total. The molecular formula is C24H28Cl2N2O2. The van der Waals surface area contributed by atoms with Crippen LogP contribution in [0.25, 0.3) is 0 Å². The number of hydrogen-bond donors (Lipinski definition) is 1. The van der Waals surface area contributed by atoms with E-state index in [-0.39, 0.29) is 29.5 Å². The molecule has 1 aromatic carbocycles. The van der Waals surface area contributed by atoms with Crippen LogP contribution < -0.4 is 5.32 Å². The van der Waals surface area contributed by atoms with Crippen molar-refractivity contribution < 1.29 is 9.59 Å². The molecule has 160 valence electrons. The maximum Gasteiger partial charge on any atom is 0.210 e. The van der Waals surface area contributed by atoms with Crippen molar-refractivity contribution in [1.82, 2.24) is 9.88 Å². The second-order valence-electron chi connectivity index (χ2n) is 9.51. The van der Waals surface area contributed by atoms with Crippen LogP contribution in [-0.4, -0.2) is 28.2 Å². The number of rotatable bonds is 6. The SMILES string of the molecule is Cl.Cn1cc(C(=O)CNC23CC4CC(CC(C4)C2)C3)cc1C(=O)c1ccccc1Cl. The molecule has 4 bridgehead atoms. The van der Waals surface area contributed by atoms with E-state index in [9.17, 15) is 9.59 Å². The molecule has 4 saturated carbocycles. The Labute approximate surface area is 188 Å². The van der Waals surface area contributed by atoms with Crippen molar-refractivity contribution in [3.05, 3.63) is 58.4 Å². The van der Waals surface area contributed by atoms with E-state index in [1.54, 1.807) is 48.1 Å². The van der Waals surface area contributed by atoms with Gasteiger partial charge in [-0.2, -0.15) is 0 Å². The van der Waals surface area contributed by atoms with Crippen molar-refractivity contribution in [1.29, 1.82) is 0 Å². The number of aryl methyl sites for hydroxylation is 1. The second kappa shape index (κ2) is 8.14. The van der Waals surface area contributed by atoms with E-state index in [1.165, 1.54) is 38.5 Å². The standard InChI is InChI=1S/C24H27ClN2O2.ClH/c1-27-14-18(9-21(27)23(29)19-4-2-3-5-20(19)25)22(28)13-26-24-10-15-6-16(11-24)8-17(7-15)12-24;/h2-5,9,14-17,26H,6-8,10-13H2,1H3;1H. The van der Waals surface area contributed by atoms with Crippen LogP contribution in [0.3, 0.4) is 0 Å². The lowest BCUT2D eigenvalue weighted by atomic mass is 9.53. The van der Waals surface area contributed by atoms with E-state index < -0.39 is 0 Å². The molecule has 1 heterocycles. The number of benzene rings is 1. The highest BCUT2D eigenvalue weighted by atomic mass is 35.5. The molecule has 6 rings (SSSR count). The molecule has 0 saturated heterocycles. The predicted molar refractivity (Wildman–Crippen MR) is 121 cm³/mol. The van der Waals surface area contributed by atoms with Crippen LogP contribution in [0.15, 0.2) is 36.5 Å². The van der Waals surface area contributed by atoms with Crippen molar-refractivity contribution in [2.75, 3.05) is 6.54 Å². The van der Waals surface area contributed by atoms with Gasteiger partial charge in [0.25, 0.3) is 0 Å². The molecule has 30 heavy (non-hydrogen) atoms. The quantitative estimate of drug-likeness (QED) is 0.629. The zero-order valence-corrected chi connectivity index (χ0v) is 18.8. The van der Waals surface area contributed by atoms with Crippen LogP contribution in [0.2, 0.25) is 5.02 Å². The van der Waals surface area contributed by atoms with Crippen molar-refractivity contribution in [3.63, 3.8) is 0 Å². The molecule has 6 heteroatoms. The Morgan fingerprint density at radius 1 is 1.10 bits per heavy atom. The summed E-state index contributed by atoms with van der Waals surface area (Å²) < 4.78 is 1.73. The second-order valence-corrected chi connectivity index (χ2v) is 9.92.